The fourth-order valence-electron chi connectivity index (χ4n) is 6.97. The van der Waals surface area contributed by atoms with E-state index < -0.39 is 56.7 Å². The quantitative estimate of drug-likeness (QED) is 0.139. The van der Waals surface area contributed by atoms with Gasteiger partial charge in [-0.05, 0) is 87.9 Å². The molecule has 10 nitrogen and oxygen atoms in total. The van der Waals surface area contributed by atoms with E-state index in [0.29, 0.717) is 41.1 Å². The van der Waals surface area contributed by atoms with Crippen molar-refractivity contribution in [2.24, 2.45) is 17.8 Å². The molecule has 2 unspecified atom stereocenters. The van der Waals surface area contributed by atoms with Crippen molar-refractivity contribution in [2.45, 2.75) is 122 Å². The summed E-state index contributed by atoms with van der Waals surface area (Å²) in [7, 11) is -1.40. The lowest BCUT2D eigenvalue weighted by Crippen LogP contribution is -2.47. The third-order valence-corrected chi connectivity index (χ3v) is 11.6. The first kappa shape index (κ1) is 37.2. The lowest BCUT2D eigenvalue weighted by molar-refractivity contribution is -0.0815. The number of alkyl halides is 2. The molecule has 3 fully saturated rings. The van der Waals surface area contributed by atoms with Crippen molar-refractivity contribution in [3.05, 3.63) is 59.5 Å². The van der Waals surface area contributed by atoms with Crippen LogP contribution in [0.3, 0.4) is 0 Å². The standard InChI is InChI=1S/C38H53F2N5O5Si/c1-37(2,3)50-36(47)44-19-18-38(39,40)22-30(44)28-16-17-29-33(41-28)45(24-48-20-21-51(4,5)6)34(42-29)32(31(26-12-13-26)27-14-15-27)43-35(46)49-23-25-10-8-7-9-11-25/h7-11,16-17,26-27,30-32H,12-15,18-24H2,1-6H3,(H,43,46). The fourth-order valence-corrected chi connectivity index (χ4v) is 7.73. The number of halogens is 2. The maximum atomic E-state index is 15.0. The van der Waals surface area contributed by atoms with Gasteiger partial charge in [0.15, 0.2) is 5.65 Å². The second kappa shape index (κ2) is 14.8. The molecule has 0 spiro atoms. The van der Waals surface area contributed by atoms with Gasteiger partial charge in [0.05, 0.1) is 17.8 Å². The number of likely N-dealkylation sites (tertiary alicyclic amines) is 1. The number of piperidine rings is 1. The number of ether oxygens (including phenoxy) is 3. The van der Waals surface area contributed by atoms with Crippen molar-refractivity contribution in [3.8, 4) is 0 Å². The molecule has 1 aromatic carbocycles. The Balaban J connectivity index is 1.37. The van der Waals surface area contributed by atoms with Crippen LogP contribution in [0.2, 0.25) is 25.7 Å². The highest BCUT2D eigenvalue weighted by Crippen LogP contribution is 2.54. The van der Waals surface area contributed by atoms with Gasteiger partial charge in [0.25, 0.3) is 5.92 Å². The Bertz CT molecular complexity index is 1670. The van der Waals surface area contributed by atoms with E-state index in [1.807, 2.05) is 34.9 Å². The maximum absolute atomic E-state index is 15.0. The van der Waals surface area contributed by atoms with Crippen molar-refractivity contribution in [2.75, 3.05) is 13.2 Å². The van der Waals surface area contributed by atoms with E-state index in [0.717, 1.165) is 37.3 Å². The predicted molar refractivity (Wildman–Crippen MR) is 193 cm³/mol. The number of carbonyl (C=O) groups is 2. The van der Waals surface area contributed by atoms with Crippen LogP contribution in [0.4, 0.5) is 18.4 Å². The number of alkyl carbamates (subject to hydrolysis) is 1. The molecule has 51 heavy (non-hydrogen) atoms. The summed E-state index contributed by atoms with van der Waals surface area (Å²) in [5, 5.41) is 3.21. The summed E-state index contributed by atoms with van der Waals surface area (Å²) in [5.74, 6) is -1.30. The SMILES string of the molecule is CC(C)(C)OC(=O)N1CCC(F)(F)CC1c1ccc2nc(C(NC(=O)OCc3ccccc3)C(C3CC3)C3CC3)n(COCC[Si](C)(C)C)c2n1. The van der Waals surface area contributed by atoms with Gasteiger partial charge in [0, 0.05) is 34.1 Å². The summed E-state index contributed by atoms with van der Waals surface area (Å²) in [6, 6.07) is 12.5. The summed E-state index contributed by atoms with van der Waals surface area (Å²) < 4.78 is 49.5. The lowest BCUT2D eigenvalue weighted by Gasteiger charge is -2.39. The largest absolute Gasteiger partial charge is 0.445 e. The van der Waals surface area contributed by atoms with Crippen LogP contribution >= 0.6 is 0 Å². The van der Waals surface area contributed by atoms with E-state index in [1.54, 1.807) is 32.9 Å². The van der Waals surface area contributed by atoms with Gasteiger partial charge in [-0.15, -0.1) is 0 Å². The molecule has 1 N–H and O–H groups in total. The highest BCUT2D eigenvalue weighted by molar-refractivity contribution is 6.76. The minimum Gasteiger partial charge on any atom is -0.445 e. The smallest absolute Gasteiger partial charge is 0.410 e. The zero-order chi connectivity index (χ0) is 36.6. The average molecular weight is 726 g/mol. The molecule has 6 rings (SSSR count). The molecule has 3 aromatic rings. The number of hydrogen-bond acceptors (Lipinski definition) is 7. The van der Waals surface area contributed by atoms with Gasteiger partial charge in [0.1, 0.15) is 30.3 Å². The second-order valence-corrected chi connectivity index (χ2v) is 22.4. The first-order valence-corrected chi connectivity index (χ1v) is 22.1. The number of benzene rings is 1. The van der Waals surface area contributed by atoms with E-state index in [1.165, 1.54) is 4.90 Å². The number of carbonyl (C=O) groups excluding carboxylic acids is 2. The Morgan fingerprint density at radius 2 is 1.71 bits per heavy atom. The molecule has 0 radical (unpaired) electrons. The van der Waals surface area contributed by atoms with Gasteiger partial charge in [0.2, 0.25) is 0 Å². The summed E-state index contributed by atoms with van der Waals surface area (Å²) in [4.78, 5) is 38.2. The topological polar surface area (TPSA) is 108 Å². The van der Waals surface area contributed by atoms with Crippen LogP contribution in [-0.4, -0.2) is 64.4 Å². The minimum absolute atomic E-state index is 0.128. The molecule has 278 valence electrons. The normalized spacial score (nSPS) is 20.0. The summed E-state index contributed by atoms with van der Waals surface area (Å²) in [6.45, 7) is 12.8. The number of pyridine rings is 1. The first-order valence-electron chi connectivity index (χ1n) is 18.4. The molecule has 0 bridgehead atoms. The molecular formula is C38H53F2N5O5Si. The molecule has 2 aliphatic carbocycles. The Hall–Kier alpha value is -3.58. The van der Waals surface area contributed by atoms with Gasteiger partial charge < -0.3 is 19.5 Å². The monoisotopic (exact) mass is 725 g/mol. The van der Waals surface area contributed by atoms with E-state index in [2.05, 4.69) is 25.0 Å². The zero-order valence-corrected chi connectivity index (χ0v) is 31.8. The van der Waals surface area contributed by atoms with Crippen LogP contribution in [0.25, 0.3) is 11.2 Å². The molecule has 2 amide bonds. The van der Waals surface area contributed by atoms with Gasteiger partial charge in [-0.2, -0.15) is 0 Å². The number of amides is 2. The molecule has 3 heterocycles. The van der Waals surface area contributed by atoms with E-state index >= 15 is 0 Å². The Kier molecular flexibility index (Phi) is 10.8. The van der Waals surface area contributed by atoms with Crippen molar-refractivity contribution in [1.82, 2.24) is 24.8 Å². The third kappa shape index (κ3) is 9.85. The molecule has 2 atom stereocenters. The molecule has 1 saturated heterocycles. The van der Waals surface area contributed by atoms with Crippen LogP contribution in [0.5, 0.6) is 0 Å². The zero-order valence-electron chi connectivity index (χ0n) is 30.8. The number of hydrogen-bond donors (Lipinski definition) is 1. The number of nitrogens with zero attached hydrogens (tertiary/aromatic N) is 4. The minimum atomic E-state index is -2.97. The number of aromatic nitrogens is 3. The van der Waals surface area contributed by atoms with Crippen LogP contribution in [-0.2, 0) is 27.5 Å². The highest BCUT2D eigenvalue weighted by Gasteiger charge is 2.49. The first-order chi connectivity index (χ1) is 24.1. The lowest BCUT2D eigenvalue weighted by atomic mass is 9.89. The van der Waals surface area contributed by atoms with Crippen molar-refractivity contribution in [1.29, 1.82) is 0 Å². The predicted octanol–water partition coefficient (Wildman–Crippen LogP) is 8.85. The fraction of sp³-hybridized carbons (Fsp3) is 0.632. The van der Waals surface area contributed by atoms with E-state index in [9.17, 15) is 18.4 Å². The Morgan fingerprint density at radius 1 is 1.02 bits per heavy atom. The van der Waals surface area contributed by atoms with Crippen LogP contribution < -0.4 is 5.32 Å². The Morgan fingerprint density at radius 3 is 2.33 bits per heavy atom. The maximum Gasteiger partial charge on any atom is 0.410 e. The van der Waals surface area contributed by atoms with Crippen LogP contribution in [0.1, 0.15) is 88.5 Å². The molecule has 13 heteroatoms. The molecule has 2 saturated carbocycles. The molecule has 1 aliphatic heterocycles. The van der Waals surface area contributed by atoms with E-state index in [4.69, 9.17) is 24.2 Å². The van der Waals surface area contributed by atoms with Crippen molar-refractivity contribution in [3.63, 3.8) is 0 Å². The number of rotatable bonds is 13. The van der Waals surface area contributed by atoms with Gasteiger partial charge in [-0.3, -0.25) is 9.47 Å². The number of nitrogens with one attached hydrogen (secondary N) is 1. The van der Waals surface area contributed by atoms with Crippen LogP contribution in [0.15, 0.2) is 42.5 Å². The molecule has 3 aliphatic rings. The summed E-state index contributed by atoms with van der Waals surface area (Å²) in [5.41, 5.74) is 1.45. The summed E-state index contributed by atoms with van der Waals surface area (Å²) in [6.07, 6.45) is 2.16. The third-order valence-electron chi connectivity index (χ3n) is 9.90. The molecule has 2 aromatic heterocycles. The molecular weight excluding hydrogens is 673 g/mol. The average Bonchev–Trinajstić information content (AvgIpc) is 3.99. The van der Waals surface area contributed by atoms with E-state index in [-0.39, 0.29) is 25.8 Å². The second-order valence-electron chi connectivity index (χ2n) is 16.8. The van der Waals surface area contributed by atoms with Gasteiger partial charge in [-0.1, -0.05) is 50.0 Å². The number of fused-ring (bicyclic) bond motifs is 1. The van der Waals surface area contributed by atoms with Crippen molar-refractivity contribution < 1.29 is 32.6 Å². The van der Waals surface area contributed by atoms with Gasteiger partial charge in [-0.25, -0.2) is 28.3 Å². The van der Waals surface area contributed by atoms with Gasteiger partial charge >= 0.3 is 12.2 Å². The summed E-state index contributed by atoms with van der Waals surface area (Å²) >= 11 is 0. The Labute approximate surface area is 300 Å². The highest BCUT2D eigenvalue weighted by atomic mass is 28.3. The number of imidazole rings is 1. The van der Waals surface area contributed by atoms with Crippen molar-refractivity contribution >= 4 is 31.4 Å². The van der Waals surface area contributed by atoms with Crippen LogP contribution in [0, 0.1) is 17.8 Å².